The number of aliphatic hydroxyl groups is 1. The van der Waals surface area contributed by atoms with E-state index in [1.165, 1.54) is 18.2 Å². The molecule has 0 heterocycles. The maximum absolute atomic E-state index is 13.4. The van der Waals surface area contributed by atoms with Gasteiger partial charge >= 0.3 is 6.18 Å². The molecule has 6 heteroatoms. The lowest BCUT2D eigenvalue weighted by atomic mass is 9.99. The molecule has 1 unspecified atom stereocenters. The monoisotopic (exact) mass is 302 g/mol. The van der Waals surface area contributed by atoms with Crippen molar-refractivity contribution in [3.8, 4) is 0 Å². The van der Waals surface area contributed by atoms with Gasteiger partial charge in [-0.15, -0.1) is 0 Å². The largest absolute Gasteiger partial charge is 0.419 e. The molecule has 1 nitrogen and oxygen atoms in total. The van der Waals surface area contributed by atoms with Crippen LogP contribution in [0, 0.1) is 11.6 Å². The first-order valence-electron chi connectivity index (χ1n) is 6.07. The Morgan fingerprint density at radius 2 is 1.62 bits per heavy atom. The number of halogens is 5. The van der Waals surface area contributed by atoms with E-state index < -0.39 is 29.5 Å². The molecule has 1 N–H and O–H groups in total. The zero-order chi connectivity index (χ0) is 15.6. The second kappa shape index (κ2) is 5.81. The molecule has 0 aromatic heterocycles. The smallest absolute Gasteiger partial charge is 0.388 e. The molecular weight excluding hydrogens is 291 g/mol. The minimum absolute atomic E-state index is 0.119. The van der Waals surface area contributed by atoms with E-state index in [0.717, 1.165) is 6.07 Å². The van der Waals surface area contributed by atoms with Gasteiger partial charge in [0.25, 0.3) is 0 Å². The lowest BCUT2D eigenvalue weighted by Gasteiger charge is -2.15. The van der Waals surface area contributed by atoms with Gasteiger partial charge in [-0.3, -0.25) is 0 Å². The van der Waals surface area contributed by atoms with Gasteiger partial charge in [-0.1, -0.05) is 24.3 Å². The highest BCUT2D eigenvalue weighted by Gasteiger charge is 2.34. The SMILES string of the molecule is OC(Cc1ccccc1F)c1ccc(F)c(C(F)(F)F)c1. The molecule has 0 aliphatic rings. The Morgan fingerprint density at radius 1 is 0.952 bits per heavy atom. The van der Waals surface area contributed by atoms with Gasteiger partial charge in [0, 0.05) is 6.42 Å². The van der Waals surface area contributed by atoms with Crippen LogP contribution >= 0.6 is 0 Å². The molecule has 0 aliphatic heterocycles. The van der Waals surface area contributed by atoms with Gasteiger partial charge in [0.15, 0.2) is 0 Å². The third kappa shape index (κ3) is 3.58. The van der Waals surface area contributed by atoms with Gasteiger partial charge < -0.3 is 5.11 Å². The summed E-state index contributed by atoms with van der Waals surface area (Å²) < 4.78 is 64.4. The Balaban J connectivity index is 2.28. The quantitative estimate of drug-likeness (QED) is 0.840. The van der Waals surface area contributed by atoms with Crippen molar-refractivity contribution >= 4 is 0 Å². The minimum Gasteiger partial charge on any atom is -0.388 e. The number of hydrogen-bond donors (Lipinski definition) is 1. The highest BCUT2D eigenvalue weighted by atomic mass is 19.4. The average molecular weight is 302 g/mol. The van der Waals surface area contributed by atoms with E-state index in [9.17, 15) is 27.1 Å². The highest BCUT2D eigenvalue weighted by Crippen LogP contribution is 2.33. The van der Waals surface area contributed by atoms with Crippen LogP contribution in [0.15, 0.2) is 42.5 Å². The van der Waals surface area contributed by atoms with Crippen molar-refractivity contribution in [3.63, 3.8) is 0 Å². The van der Waals surface area contributed by atoms with Crippen LogP contribution in [0.4, 0.5) is 22.0 Å². The van der Waals surface area contributed by atoms with Crippen LogP contribution in [0.1, 0.15) is 22.8 Å². The van der Waals surface area contributed by atoms with Crippen molar-refractivity contribution in [2.45, 2.75) is 18.7 Å². The molecule has 0 saturated heterocycles. The van der Waals surface area contributed by atoms with Crippen LogP contribution in [-0.4, -0.2) is 5.11 Å². The molecule has 2 aromatic carbocycles. The van der Waals surface area contributed by atoms with E-state index in [4.69, 9.17) is 0 Å². The van der Waals surface area contributed by atoms with Gasteiger partial charge in [0.05, 0.1) is 11.7 Å². The number of aliphatic hydroxyl groups excluding tert-OH is 1. The predicted molar refractivity (Wildman–Crippen MR) is 66.5 cm³/mol. The Morgan fingerprint density at radius 3 is 2.24 bits per heavy atom. The first-order chi connectivity index (χ1) is 9.79. The Hall–Kier alpha value is -1.95. The maximum Gasteiger partial charge on any atom is 0.419 e. The number of alkyl halides is 3. The summed E-state index contributed by atoms with van der Waals surface area (Å²) in [5, 5.41) is 9.92. The third-order valence-electron chi connectivity index (χ3n) is 3.05. The second-order valence-corrected chi connectivity index (χ2v) is 4.55. The zero-order valence-corrected chi connectivity index (χ0v) is 10.7. The summed E-state index contributed by atoms with van der Waals surface area (Å²) in [6, 6.07) is 7.86. The molecule has 0 aliphatic carbocycles. The molecule has 0 spiro atoms. The molecule has 0 saturated carbocycles. The Bertz CT molecular complexity index is 636. The topological polar surface area (TPSA) is 20.2 Å². The molecule has 2 rings (SSSR count). The van der Waals surface area contributed by atoms with Crippen molar-refractivity contribution in [3.05, 3.63) is 70.8 Å². The van der Waals surface area contributed by atoms with Crippen LogP contribution in [0.2, 0.25) is 0 Å². The molecule has 0 fully saturated rings. The van der Waals surface area contributed by atoms with Crippen LogP contribution in [0.25, 0.3) is 0 Å². The summed E-state index contributed by atoms with van der Waals surface area (Å²) in [7, 11) is 0. The van der Waals surface area contributed by atoms with Crippen LogP contribution in [0.5, 0.6) is 0 Å². The normalized spacial score (nSPS) is 13.2. The molecule has 1 atom stereocenters. The van der Waals surface area contributed by atoms with Gasteiger partial charge in [-0.05, 0) is 29.3 Å². The van der Waals surface area contributed by atoms with Gasteiger partial charge in [-0.25, -0.2) is 8.78 Å². The molecule has 0 bridgehead atoms. The standard InChI is InChI=1S/C15H11F5O/c16-12-4-2-1-3-9(12)8-14(21)10-5-6-13(17)11(7-10)15(18,19)20/h1-7,14,21H,8H2. The van der Waals surface area contributed by atoms with Crippen molar-refractivity contribution < 1.29 is 27.1 Å². The average Bonchev–Trinajstić information content (AvgIpc) is 2.40. The van der Waals surface area contributed by atoms with Crippen LogP contribution < -0.4 is 0 Å². The van der Waals surface area contributed by atoms with Crippen molar-refractivity contribution in [1.29, 1.82) is 0 Å². The summed E-state index contributed by atoms with van der Waals surface area (Å²) >= 11 is 0. The number of hydrogen-bond acceptors (Lipinski definition) is 1. The van der Waals surface area contributed by atoms with Crippen LogP contribution in [0.3, 0.4) is 0 Å². The molecule has 0 amide bonds. The lowest BCUT2D eigenvalue weighted by Crippen LogP contribution is -2.11. The van der Waals surface area contributed by atoms with E-state index in [1.54, 1.807) is 6.07 Å². The summed E-state index contributed by atoms with van der Waals surface area (Å²) in [5.41, 5.74) is -1.40. The van der Waals surface area contributed by atoms with Crippen molar-refractivity contribution in [1.82, 2.24) is 0 Å². The van der Waals surface area contributed by atoms with Gasteiger partial charge in [0.1, 0.15) is 11.6 Å². The lowest BCUT2D eigenvalue weighted by molar-refractivity contribution is -0.140. The van der Waals surface area contributed by atoms with E-state index >= 15 is 0 Å². The summed E-state index contributed by atoms with van der Waals surface area (Å²) in [6.07, 6.45) is -6.41. The van der Waals surface area contributed by atoms with Crippen molar-refractivity contribution in [2.75, 3.05) is 0 Å². The van der Waals surface area contributed by atoms with E-state index in [2.05, 4.69) is 0 Å². The first-order valence-corrected chi connectivity index (χ1v) is 6.07. The molecule has 21 heavy (non-hydrogen) atoms. The fraction of sp³-hybridized carbons (Fsp3) is 0.200. The molecule has 0 radical (unpaired) electrons. The van der Waals surface area contributed by atoms with Crippen LogP contribution in [-0.2, 0) is 12.6 Å². The molecule has 112 valence electrons. The Labute approximate surface area is 117 Å². The van der Waals surface area contributed by atoms with E-state index in [0.29, 0.717) is 12.1 Å². The van der Waals surface area contributed by atoms with Crippen molar-refractivity contribution in [2.24, 2.45) is 0 Å². The summed E-state index contributed by atoms with van der Waals surface area (Å²) in [6.45, 7) is 0. The van der Waals surface area contributed by atoms with E-state index in [1.807, 2.05) is 0 Å². The fourth-order valence-corrected chi connectivity index (χ4v) is 1.96. The number of benzene rings is 2. The van der Waals surface area contributed by atoms with E-state index in [-0.39, 0.29) is 17.5 Å². The molecule has 2 aromatic rings. The Kier molecular flexibility index (Phi) is 4.27. The van der Waals surface area contributed by atoms with Gasteiger partial charge in [0.2, 0.25) is 0 Å². The highest BCUT2D eigenvalue weighted by molar-refractivity contribution is 5.30. The zero-order valence-electron chi connectivity index (χ0n) is 10.7. The predicted octanol–water partition coefficient (Wildman–Crippen LogP) is 4.26. The molecular formula is C15H11F5O. The second-order valence-electron chi connectivity index (χ2n) is 4.55. The van der Waals surface area contributed by atoms with Gasteiger partial charge in [-0.2, -0.15) is 13.2 Å². The fourth-order valence-electron chi connectivity index (χ4n) is 1.96. The third-order valence-corrected chi connectivity index (χ3v) is 3.05. The first kappa shape index (κ1) is 15.4. The summed E-state index contributed by atoms with van der Waals surface area (Å²) in [5.74, 6) is -1.97. The number of rotatable bonds is 3. The summed E-state index contributed by atoms with van der Waals surface area (Å²) in [4.78, 5) is 0. The maximum atomic E-state index is 13.4. The minimum atomic E-state index is -4.85.